The number of halogens is 1. The number of hydrogen-bond donors (Lipinski definition) is 1. The van der Waals surface area contributed by atoms with Crippen molar-refractivity contribution in [3.8, 4) is 5.75 Å². The fourth-order valence-corrected chi connectivity index (χ4v) is 2.21. The largest absolute Gasteiger partial charge is 0.506 e. The number of phenols is 1. The molecule has 0 aromatic heterocycles. The molecule has 2 nitrogen and oxygen atoms in total. The smallest absolute Gasteiger partial charge is 0.134 e. The van der Waals surface area contributed by atoms with Crippen molar-refractivity contribution in [1.29, 1.82) is 0 Å². The summed E-state index contributed by atoms with van der Waals surface area (Å²) >= 11 is 5.90. The molecule has 0 spiro atoms. The molecule has 0 atom stereocenters. The highest BCUT2D eigenvalue weighted by Crippen LogP contribution is 2.24. The first-order valence-electron chi connectivity index (χ1n) is 6.35. The first kappa shape index (κ1) is 13.9. The molecule has 0 saturated heterocycles. The van der Waals surface area contributed by atoms with Crippen LogP contribution in [0.3, 0.4) is 0 Å². The second-order valence-corrected chi connectivity index (χ2v) is 5.17. The quantitative estimate of drug-likeness (QED) is 0.899. The summed E-state index contributed by atoms with van der Waals surface area (Å²) in [5.41, 5.74) is 2.46. The van der Waals surface area contributed by atoms with Crippen LogP contribution in [0, 0.1) is 0 Å². The lowest BCUT2D eigenvalue weighted by Crippen LogP contribution is -2.20. The Kier molecular flexibility index (Phi) is 4.83. The fourth-order valence-electron chi connectivity index (χ4n) is 2.00. The zero-order valence-corrected chi connectivity index (χ0v) is 11.8. The van der Waals surface area contributed by atoms with Gasteiger partial charge in [0.25, 0.3) is 0 Å². The molecule has 2 rings (SSSR count). The van der Waals surface area contributed by atoms with Gasteiger partial charge in [-0.2, -0.15) is 0 Å². The van der Waals surface area contributed by atoms with Crippen LogP contribution in [0.2, 0.25) is 5.02 Å². The minimum Gasteiger partial charge on any atom is -0.506 e. The maximum atomic E-state index is 9.38. The first-order chi connectivity index (χ1) is 9.15. The molecule has 19 heavy (non-hydrogen) atoms. The summed E-state index contributed by atoms with van der Waals surface area (Å²) < 4.78 is 0. The van der Waals surface area contributed by atoms with E-state index in [1.54, 1.807) is 6.07 Å². The van der Waals surface area contributed by atoms with Crippen LogP contribution >= 0.6 is 11.6 Å². The second kappa shape index (κ2) is 6.60. The van der Waals surface area contributed by atoms with Crippen LogP contribution in [0.4, 0.5) is 0 Å². The van der Waals surface area contributed by atoms with E-state index in [1.807, 2.05) is 18.2 Å². The van der Waals surface area contributed by atoms with Gasteiger partial charge >= 0.3 is 0 Å². The summed E-state index contributed by atoms with van der Waals surface area (Å²) in [6.07, 6.45) is 1.03. The number of rotatable bonds is 5. The number of phenolic OH excluding ortho intramolecular Hbond substituents is 1. The van der Waals surface area contributed by atoms with Crippen LogP contribution in [0.5, 0.6) is 5.75 Å². The standard InChI is InChI=1S/C16H18ClNO/c1-18(10-9-13-5-3-2-4-6-13)12-14-7-8-16(19)15(17)11-14/h2-8,11,19H,9-10,12H2,1H3. The molecule has 0 bridgehead atoms. The lowest BCUT2D eigenvalue weighted by Gasteiger charge is -2.17. The predicted octanol–water partition coefficient (Wildman–Crippen LogP) is 3.72. The third-order valence-corrected chi connectivity index (χ3v) is 3.39. The van der Waals surface area contributed by atoms with E-state index in [-0.39, 0.29) is 5.75 Å². The summed E-state index contributed by atoms with van der Waals surface area (Å²) in [7, 11) is 2.09. The summed E-state index contributed by atoms with van der Waals surface area (Å²) in [5, 5.41) is 9.80. The van der Waals surface area contributed by atoms with Gasteiger partial charge in [0.05, 0.1) is 5.02 Å². The van der Waals surface area contributed by atoms with Crippen LogP contribution in [0.15, 0.2) is 48.5 Å². The zero-order chi connectivity index (χ0) is 13.7. The summed E-state index contributed by atoms with van der Waals surface area (Å²) in [4.78, 5) is 2.25. The molecular weight excluding hydrogens is 258 g/mol. The molecule has 1 N–H and O–H groups in total. The van der Waals surface area contributed by atoms with Crippen molar-refractivity contribution >= 4 is 11.6 Å². The van der Waals surface area contributed by atoms with Crippen molar-refractivity contribution in [2.24, 2.45) is 0 Å². The van der Waals surface area contributed by atoms with Crippen molar-refractivity contribution in [2.75, 3.05) is 13.6 Å². The Morgan fingerprint density at radius 2 is 1.79 bits per heavy atom. The molecule has 0 aliphatic heterocycles. The van der Waals surface area contributed by atoms with Gasteiger partial charge in [0, 0.05) is 13.1 Å². The normalized spacial score (nSPS) is 10.9. The molecule has 0 aliphatic rings. The minimum absolute atomic E-state index is 0.136. The van der Waals surface area contributed by atoms with Crippen LogP contribution < -0.4 is 0 Å². The average Bonchev–Trinajstić information content (AvgIpc) is 2.42. The Labute approximate surface area is 119 Å². The fraction of sp³-hybridized carbons (Fsp3) is 0.250. The topological polar surface area (TPSA) is 23.5 Å². The minimum atomic E-state index is 0.136. The van der Waals surface area contributed by atoms with Crippen LogP contribution in [-0.2, 0) is 13.0 Å². The van der Waals surface area contributed by atoms with Crippen molar-refractivity contribution in [2.45, 2.75) is 13.0 Å². The van der Waals surface area contributed by atoms with Crippen molar-refractivity contribution in [3.05, 3.63) is 64.7 Å². The third-order valence-electron chi connectivity index (χ3n) is 3.09. The SMILES string of the molecule is CN(CCc1ccccc1)Cc1ccc(O)c(Cl)c1. The maximum absolute atomic E-state index is 9.38. The molecule has 0 radical (unpaired) electrons. The summed E-state index contributed by atoms with van der Waals surface area (Å²) in [5.74, 6) is 0.136. The molecule has 0 amide bonds. The van der Waals surface area contributed by atoms with Gasteiger partial charge < -0.3 is 10.0 Å². The van der Waals surface area contributed by atoms with Crippen molar-refractivity contribution in [3.63, 3.8) is 0 Å². The van der Waals surface area contributed by atoms with Gasteiger partial charge in [-0.15, -0.1) is 0 Å². The molecule has 0 saturated carbocycles. The van der Waals surface area contributed by atoms with Gasteiger partial charge in [-0.05, 0) is 36.7 Å². The van der Waals surface area contributed by atoms with Gasteiger partial charge in [-0.25, -0.2) is 0 Å². The monoisotopic (exact) mass is 275 g/mol. The van der Waals surface area contributed by atoms with Gasteiger partial charge in [0.2, 0.25) is 0 Å². The molecule has 2 aromatic rings. The highest BCUT2D eigenvalue weighted by atomic mass is 35.5. The summed E-state index contributed by atoms with van der Waals surface area (Å²) in [6, 6.07) is 15.8. The Balaban J connectivity index is 1.87. The van der Waals surface area contributed by atoms with E-state index in [0.717, 1.165) is 25.1 Å². The number of benzene rings is 2. The Morgan fingerprint density at radius 3 is 2.47 bits per heavy atom. The van der Waals surface area contributed by atoms with E-state index in [1.165, 1.54) is 5.56 Å². The zero-order valence-electron chi connectivity index (χ0n) is 11.0. The van der Waals surface area contributed by atoms with Crippen molar-refractivity contribution < 1.29 is 5.11 Å². The van der Waals surface area contributed by atoms with E-state index in [0.29, 0.717) is 5.02 Å². The first-order valence-corrected chi connectivity index (χ1v) is 6.73. The molecule has 3 heteroatoms. The summed E-state index contributed by atoms with van der Waals surface area (Å²) in [6.45, 7) is 1.81. The van der Waals surface area contributed by atoms with Crippen LogP contribution in [-0.4, -0.2) is 23.6 Å². The molecule has 0 fully saturated rings. The predicted molar refractivity (Wildman–Crippen MR) is 79.6 cm³/mol. The lowest BCUT2D eigenvalue weighted by molar-refractivity contribution is 0.331. The number of nitrogens with zero attached hydrogens (tertiary/aromatic N) is 1. The third kappa shape index (κ3) is 4.27. The lowest BCUT2D eigenvalue weighted by atomic mass is 10.1. The molecule has 100 valence electrons. The maximum Gasteiger partial charge on any atom is 0.134 e. The van der Waals surface area contributed by atoms with Crippen molar-refractivity contribution in [1.82, 2.24) is 4.90 Å². The highest BCUT2D eigenvalue weighted by molar-refractivity contribution is 6.32. The van der Waals surface area contributed by atoms with E-state index in [2.05, 4.69) is 36.2 Å². The number of likely N-dealkylation sites (N-methyl/N-ethyl adjacent to an activating group) is 1. The molecule has 0 heterocycles. The molecule has 0 unspecified atom stereocenters. The number of aromatic hydroxyl groups is 1. The second-order valence-electron chi connectivity index (χ2n) is 4.76. The van der Waals surface area contributed by atoms with Gasteiger partial charge in [-0.1, -0.05) is 48.0 Å². The Bertz CT molecular complexity index is 528. The van der Waals surface area contributed by atoms with E-state index >= 15 is 0 Å². The number of hydrogen-bond acceptors (Lipinski definition) is 2. The molecular formula is C16H18ClNO. The highest BCUT2D eigenvalue weighted by Gasteiger charge is 2.04. The molecule has 2 aromatic carbocycles. The Hall–Kier alpha value is -1.51. The Morgan fingerprint density at radius 1 is 1.05 bits per heavy atom. The average molecular weight is 276 g/mol. The van der Waals surface area contributed by atoms with Gasteiger partial charge in [0.1, 0.15) is 5.75 Å². The van der Waals surface area contributed by atoms with Crippen LogP contribution in [0.25, 0.3) is 0 Å². The van der Waals surface area contributed by atoms with E-state index in [9.17, 15) is 5.11 Å². The van der Waals surface area contributed by atoms with Gasteiger partial charge in [-0.3, -0.25) is 0 Å². The van der Waals surface area contributed by atoms with E-state index < -0.39 is 0 Å². The van der Waals surface area contributed by atoms with E-state index in [4.69, 9.17) is 11.6 Å². The molecule has 0 aliphatic carbocycles. The van der Waals surface area contributed by atoms with Crippen LogP contribution in [0.1, 0.15) is 11.1 Å². The van der Waals surface area contributed by atoms with Gasteiger partial charge in [0.15, 0.2) is 0 Å².